The van der Waals surface area contributed by atoms with Crippen LogP contribution < -0.4 is 9.47 Å². The Bertz CT molecular complexity index is 434. The van der Waals surface area contributed by atoms with Crippen molar-refractivity contribution in [1.82, 2.24) is 0 Å². The average Bonchev–Trinajstić information content (AvgIpc) is 2.34. The summed E-state index contributed by atoms with van der Waals surface area (Å²) in [6.45, 7) is 4.10. The zero-order chi connectivity index (χ0) is 12.8. The molecule has 0 aliphatic heterocycles. The van der Waals surface area contributed by atoms with Gasteiger partial charge in [0.15, 0.2) is 0 Å². The lowest BCUT2D eigenvalue weighted by Crippen LogP contribution is -1.96. The SMILES string of the molecule is COc1cc(OC)cc(C(=CC#N)C(C)C)c1. The maximum absolute atomic E-state index is 8.81. The molecule has 0 atom stereocenters. The molecule has 0 unspecified atom stereocenters. The molecule has 0 heterocycles. The first-order chi connectivity index (χ1) is 8.12. The summed E-state index contributed by atoms with van der Waals surface area (Å²) in [5.41, 5.74) is 1.93. The van der Waals surface area contributed by atoms with Gasteiger partial charge >= 0.3 is 0 Å². The molecule has 1 rings (SSSR count). The molecule has 3 heteroatoms. The van der Waals surface area contributed by atoms with Crippen molar-refractivity contribution < 1.29 is 9.47 Å². The van der Waals surface area contributed by atoms with Crippen LogP contribution in [0.1, 0.15) is 19.4 Å². The minimum atomic E-state index is 0.270. The van der Waals surface area contributed by atoms with Crippen molar-refractivity contribution >= 4 is 5.57 Å². The van der Waals surface area contributed by atoms with Gasteiger partial charge in [0, 0.05) is 12.1 Å². The molecule has 0 saturated carbocycles. The van der Waals surface area contributed by atoms with Gasteiger partial charge in [-0.25, -0.2) is 0 Å². The lowest BCUT2D eigenvalue weighted by atomic mass is 9.95. The number of benzene rings is 1. The molecule has 0 aliphatic carbocycles. The van der Waals surface area contributed by atoms with Crippen LogP contribution in [0.25, 0.3) is 5.57 Å². The van der Waals surface area contributed by atoms with Gasteiger partial charge in [-0.2, -0.15) is 5.26 Å². The Labute approximate surface area is 102 Å². The van der Waals surface area contributed by atoms with Crippen LogP contribution in [0.15, 0.2) is 24.3 Å². The lowest BCUT2D eigenvalue weighted by molar-refractivity contribution is 0.394. The molecule has 0 N–H and O–H groups in total. The highest BCUT2D eigenvalue weighted by Gasteiger charge is 2.09. The third-order valence-corrected chi connectivity index (χ3v) is 2.53. The number of hydrogen-bond donors (Lipinski definition) is 0. The molecule has 3 nitrogen and oxygen atoms in total. The van der Waals surface area contributed by atoms with Crippen molar-refractivity contribution in [2.75, 3.05) is 14.2 Å². The van der Waals surface area contributed by atoms with Gasteiger partial charge in [0.1, 0.15) is 11.5 Å². The summed E-state index contributed by atoms with van der Waals surface area (Å²) in [6, 6.07) is 7.71. The first-order valence-corrected chi connectivity index (χ1v) is 5.45. The van der Waals surface area contributed by atoms with Crippen LogP contribution in [0.2, 0.25) is 0 Å². The van der Waals surface area contributed by atoms with E-state index in [0.29, 0.717) is 0 Å². The van der Waals surface area contributed by atoms with Gasteiger partial charge in [-0.05, 0) is 29.2 Å². The van der Waals surface area contributed by atoms with Crippen molar-refractivity contribution in [2.45, 2.75) is 13.8 Å². The second-order valence-electron chi connectivity index (χ2n) is 3.98. The zero-order valence-corrected chi connectivity index (χ0v) is 10.7. The third-order valence-electron chi connectivity index (χ3n) is 2.53. The van der Waals surface area contributed by atoms with E-state index >= 15 is 0 Å². The van der Waals surface area contributed by atoms with E-state index in [1.54, 1.807) is 20.3 Å². The number of nitrogens with zero attached hydrogens (tertiary/aromatic N) is 1. The number of hydrogen-bond acceptors (Lipinski definition) is 3. The fourth-order valence-electron chi connectivity index (χ4n) is 1.63. The minimum Gasteiger partial charge on any atom is -0.497 e. The fraction of sp³-hybridized carbons (Fsp3) is 0.357. The van der Waals surface area contributed by atoms with Gasteiger partial charge in [-0.15, -0.1) is 0 Å². The highest BCUT2D eigenvalue weighted by atomic mass is 16.5. The van der Waals surface area contributed by atoms with Crippen LogP contribution >= 0.6 is 0 Å². The summed E-state index contributed by atoms with van der Waals surface area (Å²) in [5, 5.41) is 8.81. The van der Waals surface area contributed by atoms with E-state index in [-0.39, 0.29) is 5.92 Å². The largest absolute Gasteiger partial charge is 0.497 e. The van der Waals surface area contributed by atoms with E-state index in [1.165, 1.54) is 0 Å². The minimum absolute atomic E-state index is 0.270. The van der Waals surface area contributed by atoms with Gasteiger partial charge in [0.05, 0.1) is 20.3 Å². The summed E-state index contributed by atoms with van der Waals surface area (Å²) in [5.74, 6) is 1.72. The highest BCUT2D eigenvalue weighted by Crippen LogP contribution is 2.30. The smallest absolute Gasteiger partial charge is 0.123 e. The molecule has 1 aromatic carbocycles. The highest BCUT2D eigenvalue weighted by molar-refractivity contribution is 5.71. The number of nitriles is 1. The van der Waals surface area contributed by atoms with Gasteiger partial charge in [0.2, 0.25) is 0 Å². The standard InChI is InChI=1S/C14H17NO2/c1-10(2)14(5-6-15)11-7-12(16-3)9-13(8-11)17-4/h5,7-10H,1-4H3. The Morgan fingerprint density at radius 2 is 1.71 bits per heavy atom. The quantitative estimate of drug-likeness (QED) is 0.747. The normalized spacial score (nSPS) is 11.2. The van der Waals surface area contributed by atoms with Crippen LogP contribution in [0, 0.1) is 17.2 Å². The molecule has 0 spiro atoms. The van der Waals surface area contributed by atoms with Crippen molar-refractivity contribution in [1.29, 1.82) is 5.26 Å². The predicted octanol–water partition coefficient (Wildman–Crippen LogP) is 3.27. The fourth-order valence-corrected chi connectivity index (χ4v) is 1.63. The topological polar surface area (TPSA) is 42.2 Å². The summed E-state index contributed by atoms with van der Waals surface area (Å²) in [4.78, 5) is 0. The lowest BCUT2D eigenvalue weighted by Gasteiger charge is -2.13. The van der Waals surface area contributed by atoms with Crippen molar-refractivity contribution in [3.8, 4) is 17.6 Å². The number of ether oxygens (including phenoxy) is 2. The molecule has 0 aromatic heterocycles. The van der Waals surface area contributed by atoms with E-state index in [1.807, 2.05) is 18.2 Å². The molecule has 0 amide bonds. The molecular weight excluding hydrogens is 214 g/mol. The van der Waals surface area contributed by atoms with E-state index in [9.17, 15) is 0 Å². The summed E-state index contributed by atoms with van der Waals surface area (Å²) >= 11 is 0. The molecule has 1 aromatic rings. The first kappa shape index (κ1) is 13.1. The van der Waals surface area contributed by atoms with E-state index in [0.717, 1.165) is 22.6 Å². The Hall–Kier alpha value is -1.95. The van der Waals surface area contributed by atoms with Gasteiger partial charge in [0.25, 0.3) is 0 Å². The Balaban J connectivity index is 3.29. The monoisotopic (exact) mass is 231 g/mol. The van der Waals surface area contributed by atoms with Crippen molar-refractivity contribution in [2.24, 2.45) is 5.92 Å². The molecule has 0 radical (unpaired) electrons. The first-order valence-electron chi connectivity index (χ1n) is 5.45. The Kier molecular flexibility index (Phi) is 4.59. The molecule has 0 bridgehead atoms. The van der Waals surface area contributed by atoms with Crippen LogP contribution in [0.4, 0.5) is 0 Å². The van der Waals surface area contributed by atoms with Crippen LogP contribution in [-0.4, -0.2) is 14.2 Å². The van der Waals surface area contributed by atoms with E-state index in [2.05, 4.69) is 19.9 Å². The van der Waals surface area contributed by atoms with Crippen LogP contribution in [-0.2, 0) is 0 Å². The molecule has 0 fully saturated rings. The second kappa shape index (κ2) is 5.95. The third kappa shape index (κ3) is 3.25. The summed E-state index contributed by atoms with van der Waals surface area (Å²) in [7, 11) is 3.23. The van der Waals surface area contributed by atoms with Crippen molar-refractivity contribution in [3.05, 3.63) is 29.8 Å². The van der Waals surface area contributed by atoms with Crippen molar-refractivity contribution in [3.63, 3.8) is 0 Å². The average molecular weight is 231 g/mol. The number of rotatable bonds is 4. The summed E-state index contributed by atoms with van der Waals surface area (Å²) < 4.78 is 10.4. The van der Waals surface area contributed by atoms with Crippen LogP contribution in [0.5, 0.6) is 11.5 Å². The molecule has 90 valence electrons. The zero-order valence-electron chi connectivity index (χ0n) is 10.7. The summed E-state index contributed by atoms with van der Waals surface area (Å²) in [6.07, 6.45) is 1.57. The second-order valence-corrected chi connectivity index (χ2v) is 3.98. The maximum atomic E-state index is 8.81. The number of allylic oxidation sites excluding steroid dienone is 2. The Morgan fingerprint density at radius 1 is 1.18 bits per heavy atom. The Morgan fingerprint density at radius 3 is 2.06 bits per heavy atom. The van der Waals surface area contributed by atoms with E-state index in [4.69, 9.17) is 14.7 Å². The number of methoxy groups -OCH3 is 2. The molecular formula is C14H17NO2. The van der Waals surface area contributed by atoms with Crippen LogP contribution in [0.3, 0.4) is 0 Å². The predicted molar refractivity (Wildman–Crippen MR) is 68.0 cm³/mol. The van der Waals surface area contributed by atoms with Gasteiger partial charge in [-0.3, -0.25) is 0 Å². The molecule has 0 saturated heterocycles. The van der Waals surface area contributed by atoms with E-state index < -0.39 is 0 Å². The van der Waals surface area contributed by atoms with Gasteiger partial charge in [-0.1, -0.05) is 13.8 Å². The molecule has 17 heavy (non-hydrogen) atoms. The maximum Gasteiger partial charge on any atom is 0.123 e. The van der Waals surface area contributed by atoms with Gasteiger partial charge < -0.3 is 9.47 Å². The molecule has 0 aliphatic rings.